The van der Waals surface area contributed by atoms with E-state index in [1.165, 1.54) is 11.8 Å². The number of hydrogen-bond acceptors (Lipinski definition) is 6. The number of nitrogens with one attached hydrogen (secondary N) is 1. The van der Waals surface area contributed by atoms with Crippen LogP contribution in [0.4, 0.5) is 0 Å². The number of nitrogens with zero attached hydrogens (tertiary/aromatic N) is 4. The molecule has 7 nitrogen and oxygen atoms in total. The molecule has 3 aromatic rings. The van der Waals surface area contributed by atoms with Gasteiger partial charge in [0.1, 0.15) is 17.3 Å². The topological polar surface area (TPSA) is 77.9 Å². The Balaban J connectivity index is 1.78. The normalized spacial score (nSPS) is 10.7. The Kier molecular flexibility index (Phi) is 4.52. The molecule has 1 aromatic carbocycles. The summed E-state index contributed by atoms with van der Waals surface area (Å²) in [5.74, 6) is 3.76. The molecule has 0 aliphatic carbocycles. The van der Waals surface area contributed by atoms with Crippen LogP contribution in [0.5, 0.6) is 11.5 Å². The molecular weight excluding hydrogens is 314 g/mol. The van der Waals surface area contributed by atoms with E-state index < -0.39 is 0 Å². The molecule has 23 heavy (non-hydrogen) atoms. The van der Waals surface area contributed by atoms with Crippen molar-refractivity contribution in [2.24, 2.45) is 7.05 Å². The number of rotatable bonds is 6. The van der Waals surface area contributed by atoms with Crippen LogP contribution in [0.1, 0.15) is 5.82 Å². The molecule has 0 atom stereocenters. The van der Waals surface area contributed by atoms with Gasteiger partial charge in [0.25, 0.3) is 0 Å². The number of aromatic amines is 1. The molecule has 8 heteroatoms. The summed E-state index contributed by atoms with van der Waals surface area (Å²) in [5.41, 5.74) is 0.838. The average molecular weight is 331 g/mol. The molecular formula is C15H17N5O2S. The van der Waals surface area contributed by atoms with Gasteiger partial charge in [-0.05, 0) is 12.1 Å². The molecule has 0 saturated carbocycles. The van der Waals surface area contributed by atoms with E-state index in [4.69, 9.17) is 9.47 Å². The van der Waals surface area contributed by atoms with Gasteiger partial charge in [-0.2, -0.15) is 0 Å². The summed E-state index contributed by atoms with van der Waals surface area (Å²) in [7, 11) is 5.20. The van der Waals surface area contributed by atoms with Crippen LogP contribution in [0.25, 0.3) is 11.4 Å². The van der Waals surface area contributed by atoms with Gasteiger partial charge >= 0.3 is 0 Å². The highest BCUT2D eigenvalue weighted by Crippen LogP contribution is 2.32. The first-order valence-corrected chi connectivity index (χ1v) is 7.93. The van der Waals surface area contributed by atoms with Gasteiger partial charge in [0.2, 0.25) is 5.16 Å². The van der Waals surface area contributed by atoms with Gasteiger partial charge in [-0.15, -0.1) is 5.10 Å². The van der Waals surface area contributed by atoms with Gasteiger partial charge in [0.05, 0.1) is 25.5 Å². The highest BCUT2D eigenvalue weighted by molar-refractivity contribution is 7.98. The second-order valence-corrected chi connectivity index (χ2v) is 5.72. The van der Waals surface area contributed by atoms with Crippen LogP contribution in [-0.2, 0) is 12.8 Å². The molecule has 0 aliphatic heterocycles. The van der Waals surface area contributed by atoms with Crippen LogP contribution in [0.3, 0.4) is 0 Å². The monoisotopic (exact) mass is 331 g/mol. The predicted octanol–water partition coefficient (Wildman–Crippen LogP) is 2.51. The first kappa shape index (κ1) is 15.4. The quantitative estimate of drug-likeness (QED) is 0.699. The van der Waals surface area contributed by atoms with E-state index in [1.54, 1.807) is 20.4 Å². The molecule has 0 spiro atoms. The van der Waals surface area contributed by atoms with Gasteiger partial charge in [0, 0.05) is 25.5 Å². The summed E-state index contributed by atoms with van der Waals surface area (Å²) < 4.78 is 12.6. The largest absolute Gasteiger partial charge is 0.497 e. The zero-order valence-corrected chi connectivity index (χ0v) is 13.9. The van der Waals surface area contributed by atoms with E-state index >= 15 is 0 Å². The van der Waals surface area contributed by atoms with Crippen LogP contribution < -0.4 is 9.47 Å². The van der Waals surface area contributed by atoms with Gasteiger partial charge in [-0.25, -0.2) is 9.97 Å². The van der Waals surface area contributed by atoms with E-state index in [0.717, 1.165) is 17.1 Å². The van der Waals surface area contributed by atoms with Crippen LogP contribution in [0.2, 0.25) is 0 Å². The number of ether oxygens (including phenoxy) is 2. The number of aromatic nitrogens is 5. The Bertz CT molecular complexity index is 799. The van der Waals surface area contributed by atoms with Crippen LogP contribution in [0.15, 0.2) is 35.7 Å². The molecule has 3 rings (SSSR count). The van der Waals surface area contributed by atoms with Gasteiger partial charge in [-0.1, -0.05) is 11.8 Å². The van der Waals surface area contributed by atoms with Crippen molar-refractivity contribution >= 4 is 11.8 Å². The minimum atomic E-state index is 0.659. The Labute approximate surface area is 138 Å². The fourth-order valence-electron chi connectivity index (χ4n) is 2.09. The molecule has 0 bridgehead atoms. The Morgan fingerprint density at radius 3 is 2.83 bits per heavy atom. The highest BCUT2D eigenvalue weighted by Gasteiger charge is 2.13. The van der Waals surface area contributed by atoms with Crippen LogP contribution >= 0.6 is 11.8 Å². The number of methoxy groups -OCH3 is 2. The fourth-order valence-corrected chi connectivity index (χ4v) is 2.89. The van der Waals surface area contributed by atoms with Crippen molar-refractivity contribution in [3.05, 3.63) is 36.4 Å². The molecule has 0 fully saturated rings. The molecule has 2 heterocycles. The number of imidazole rings is 1. The lowest BCUT2D eigenvalue weighted by Gasteiger charge is -2.07. The summed E-state index contributed by atoms with van der Waals surface area (Å²) >= 11 is 1.53. The summed E-state index contributed by atoms with van der Waals surface area (Å²) in [6, 6.07) is 5.57. The Morgan fingerprint density at radius 1 is 1.26 bits per heavy atom. The van der Waals surface area contributed by atoms with E-state index in [0.29, 0.717) is 22.5 Å². The van der Waals surface area contributed by atoms with Crippen molar-refractivity contribution in [1.29, 1.82) is 0 Å². The van der Waals surface area contributed by atoms with Crippen molar-refractivity contribution < 1.29 is 9.47 Å². The third kappa shape index (κ3) is 3.31. The number of hydrogen-bond donors (Lipinski definition) is 1. The third-order valence-electron chi connectivity index (χ3n) is 3.38. The highest BCUT2D eigenvalue weighted by atomic mass is 32.2. The first-order chi connectivity index (χ1) is 11.2. The SMILES string of the molecule is COc1ccc(-c2nc(SCc3nccn3C)n[nH]2)c(OC)c1. The number of aryl methyl sites for hydroxylation is 1. The molecule has 0 radical (unpaired) electrons. The van der Waals surface area contributed by atoms with Crippen molar-refractivity contribution in [1.82, 2.24) is 24.7 Å². The third-order valence-corrected chi connectivity index (χ3v) is 4.22. The van der Waals surface area contributed by atoms with Crippen LogP contribution in [0, 0.1) is 0 Å². The maximum atomic E-state index is 5.40. The average Bonchev–Trinajstić information content (AvgIpc) is 3.21. The smallest absolute Gasteiger partial charge is 0.209 e. The second-order valence-electron chi connectivity index (χ2n) is 4.78. The van der Waals surface area contributed by atoms with Crippen molar-refractivity contribution in [2.45, 2.75) is 10.9 Å². The molecule has 0 saturated heterocycles. The van der Waals surface area contributed by atoms with Gasteiger partial charge in [-0.3, -0.25) is 5.10 Å². The van der Waals surface area contributed by atoms with Gasteiger partial charge < -0.3 is 14.0 Å². The first-order valence-electron chi connectivity index (χ1n) is 6.95. The molecule has 0 amide bonds. The zero-order valence-electron chi connectivity index (χ0n) is 13.1. The molecule has 0 aliphatic rings. The number of thioether (sulfide) groups is 1. The molecule has 120 valence electrons. The Hall–Kier alpha value is -2.48. The van der Waals surface area contributed by atoms with Gasteiger partial charge in [0.15, 0.2) is 5.82 Å². The summed E-state index contributed by atoms with van der Waals surface area (Å²) in [4.78, 5) is 8.80. The lowest BCUT2D eigenvalue weighted by Crippen LogP contribution is -1.94. The van der Waals surface area contributed by atoms with Crippen molar-refractivity contribution in [2.75, 3.05) is 14.2 Å². The van der Waals surface area contributed by atoms with Crippen LogP contribution in [-0.4, -0.2) is 39.0 Å². The van der Waals surface area contributed by atoms with E-state index in [-0.39, 0.29) is 0 Å². The van der Waals surface area contributed by atoms with Crippen molar-refractivity contribution in [3.8, 4) is 22.9 Å². The van der Waals surface area contributed by atoms with E-state index in [1.807, 2.05) is 36.0 Å². The van der Waals surface area contributed by atoms with E-state index in [2.05, 4.69) is 20.2 Å². The fraction of sp³-hybridized carbons (Fsp3) is 0.267. The molecule has 0 unspecified atom stereocenters. The number of H-pyrrole nitrogens is 1. The zero-order chi connectivity index (χ0) is 16.2. The maximum absolute atomic E-state index is 5.40. The standard InChI is InChI=1S/C15H17N5O2S/c1-20-7-6-16-13(20)9-23-15-17-14(18-19-15)11-5-4-10(21-2)8-12(11)22-3/h4-8H,9H2,1-3H3,(H,17,18,19). The predicted molar refractivity (Wildman–Crippen MR) is 87.7 cm³/mol. The number of benzene rings is 1. The Morgan fingerprint density at radius 2 is 2.13 bits per heavy atom. The summed E-state index contributed by atoms with van der Waals surface area (Å²) in [6.45, 7) is 0. The lowest BCUT2D eigenvalue weighted by molar-refractivity contribution is 0.395. The summed E-state index contributed by atoms with van der Waals surface area (Å²) in [6.07, 6.45) is 3.70. The summed E-state index contributed by atoms with van der Waals surface area (Å²) in [5, 5.41) is 7.86. The second kappa shape index (κ2) is 6.74. The molecule has 1 N–H and O–H groups in total. The molecule has 2 aromatic heterocycles. The van der Waals surface area contributed by atoms with E-state index in [9.17, 15) is 0 Å². The minimum absolute atomic E-state index is 0.659. The van der Waals surface area contributed by atoms with Crippen molar-refractivity contribution in [3.63, 3.8) is 0 Å². The minimum Gasteiger partial charge on any atom is -0.497 e. The lowest BCUT2D eigenvalue weighted by atomic mass is 10.2. The maximum Gasteiger partial charge on any atom is 0.209 e.